The van der Waals surface area contributed by atoms with Crippen LogP contribution < -0.4 is 0 Å². The van der Waals surface area contributed by atoms with Crippen LogP contribution >= 0.6 is 31.9 Å². The lowest BCUT2D eigenvalue weighted by Gasteiger charge is -2.33. The van der Waals surface area contributed by atoms with Gasteiger partial charge in [0.1, 0.15) is 0 Å². The Balaban J connectivity index is 1.64. The minimum atomic E-state index is 0.799. The maximum atomic E-state index is 3.75. The molecule has 0 aromatic heterocycles. The Labute approximate surface area is 129 Å². The fraction of sp³-hybridized carbons (Fsp3) is 1.00. The fourth-order valence-corrected chi connectivity index (χ4v) is 4.62. The van der Waals surface area contributed by atoms with Crippen molar-refractivity contribution in [2.45, 2.75) is 61.0 Å². The van der Waals surface area contributed by atoms with Gasteiger partial charge in [0.25, 0.3) is 0 Å². The second kappa shape index (κ2) is 7.64. The molecule has 0 saturated heterocycles. The summed E-state index contributed by atoms with van der Waals surface area (Å²) >= 11 is 7.50. The molecule has 0 aromatic carbocycles. The zero-order valence-corrected chi connectivity index (χ0v) is 14.8. The van der Waals surface area contributed by atoms with Crippen molar-refractivity contribution >= 4 is 31.9 Å². The molecule has 2 saturated carbocycles. The molecule has 2 aliphatic rings. The lowest BCUT2D eigenvalue weighted by Crippen LogP contribution is -2.33. The van der Waals surface area contributed by atoms with E-state index in [-0.39, 0.29) is 0 Å². The van der Waals surface area contributed by atoms with E-state index in [1.165, 1.54) is 64.5 Å². The standard InChI is InChI=1S/C15H27Br2N/c1-18(10-12-2-6-14(16)7-3-12)11-13-4-8-15(17)9-5-13/h12-15H,2-11H2,1H3. The molecule has 0 bridgehead atoms. The molecular formula is C15H27Br2N. The van der Waals surface area contributed by atoms with Crippen LogP contribution in [0.1, 0.15) is 51.4 Å². The van der Waals surface area contributed by atoms with Gasteiger partial charge >= 0.3 is 0 Å². The minimum absolute atomic E-state index is 0.799. The van der Waals surface area contributed by atoms with Gasteiger partial charge in [0, 0.05) is 22.7 Å². The first-order chi connectivity index (χ1) is 8.63. The van der Waals surface area contributed by atoms with E-state index in [0.29, 0.717) is 0 Å². The summed E-state index contributed by atoms with van der Waals surface area (Å²) < 4.78 is 0. The van der Waals surface area contributed by atoms with E-state index < -0.39 is 0 Å². The van der Waals surface area contributed by atoms with E-state index in [1.807, 2.05) is 0 Å². The fourth-order valence-electron chi connectivity index (χ4n) is 3.56. The van der Waals surface area contributed by atoms with Crippen LogP contribution in [-0.4, -0.2) is 34.7 Å². The van der Waals surface area contributed by atoms with Crippen molar-refractivity contribution in [1.29, 1.82) is 0 Å². The van der Waals surface area contributed by atoms with Crippen molar-refractivity contribution in [1.82, 2.24) is 4.90 Å². The first-order valence-electron chi connectivity index (χ1n) is 7.60. The monoisotopic (exact) mass is 379 g/mol. The van der Waals surface area contributed by atoms with Crippen LogP contribution in [0.5, 0.6) is 0 Å². The summed E-state index contributed by atoms with van der Waals surface area (Å²) in [6, 6.07) is 0. The summed E-state index contributed by atoms with van der Waals surface area (Å²) in [5.74, 6) is 1.91. The number of nitrogens with zero attached hydrogens (tertiary/aromatic N) is 1. The third kappa shape index (κ3) is 5.13. The van der Waals surface area contributed by atoms with E-state index in [9.17, 15) is 0 Å². The summed E-state index contributed by atoms with van der Waals surface area (Å²) in [5, 5.41) is 0. The molecule has 106 valence electrons. The molecule has 2 fully saturated rings. The molecule has 0 atom stereocenters. The average molecular weight is 381 g/mol. The van der Waals surface area contributed by atoms with E-state index in [4.69, 9.17) is 0 Å². The van der Waals surface area contributed by atoms with Gasteiger partial charge in [0.05, 0.1) is 0 Å². The number of hydrogen-bond donors (Lipinski definition) is 0. The second-order valence-electron chi connectivity index (χ2n) is 6.46. The summed E-state index contributed by atoms with van der Waals surface area (Å²) in [5.41, 5.74) is 0. The molecule has 0 radical (unpaired) electrons. The van der Waals surface area contributed by atoms with Crippen molar-refractivity contribution < 1.29 is 0 Å². The van der Waals surface area contributed by atoms with Gasteiger partial charge in [-0.15, -0.1) is 0 Å². The summed E-state index contributed by atoms with van der Waals surface area (Å²) in [6.07, 6.45) is 11.2. The summed E-state index contributed by atoms with van der Waals surface area (Å²) in [4.78, 5) is 4.21. The van der Waals surface area contributed by atoms with Crippen LogP contribution in [0.4, 0.5) is 0 Å². The van der Waals surface area contributed by atoms with Crippen molar-refractivity contribution in [2.75, 3.05) is 20.1 Å². The van der Waals surface area contributed by atoms with Crippen molar-refractivity contribution in [3.8, 4) is 0 Å². The Morgan fingerprint density at radius 1 is 0.722 bits per heavy atom. The smallest absolute Gasteiger partial charge is 0.0146 e. The Kier molecular flexibility index (Phi) is 6.50. The molecule has 18 heavy (non-hydrogen) atoms. The largest absolute Gasteiger partial charge is 0.306 e. The van der Waals surface area contributed by atoms with Gasteiger partial charge in [-0.2, -0.15) is 0 Å². The first-order valence-corrected chi connectivity index (χ1v) is 9.43. The molecule has 0 unspecified atom stereocenters. The highest BCUT2D eigenvalue weighted by Gasteiger charge is 2.23. The zero-order valence-electron chi connectivity index (χ0n) is 11.6. The third-order valence-corrected chi connectivity index (χ3v) is 6.52. The van der Waals surface area contributed by atoms with Crippen LogP contribution in [0.25, 0.3) is 0 Å². The molecule has 0 aliphatic heterocycles. The van der Waals surface area contributed by atoms with Gasteiger partial charge in [0.2, 0.25) is 0 Å². The molecular weight excluding hydrogens is 354 g/mol. The first kappa shape index (κ1) is 15.3. The highest BCUT2D eigenvalue weighted by molar-refractivity contribution is 9.09. The molecule has 0 aromatic rings. The molecule has 3 heteroatoms. The van der Waals surface area contributed by atoms with Crippen molar-refractivity contribution in [2.24, 2.45) is 11.8 Å². The molecule has 2 rings (SSSR count). The molecule has 0 amide bonds. The Morgan fingerprint density at radius 3 is 1.39 bits per heavy atom. The van der Waals surface area contributed by atoms with Crippen LogP contribution in [0.2, 0.25) is 0 Å². The summed E-state index contributed by atoms with van der Waals surface area (Å²) in [7, 11) is 2.33. The van der Waals surface area contributed by atoms with Crippen LogP contribution in [-0.2, 0) is 0 Å². The Bertz CT molecular complexity index is 207. The van der Waals surface area contributed by atoms with Crippen molar-refractivity contribution in [3.63, 3.8) is 0 Å². The number of alkyl halides is 2. The van der Waals surface area contributed by atoms with Gasteiger partial charge in [-0.25, -0.2) is 0 Å². The quantitative estimate of drug-likeness (QED) is 0.631. The van der Waals surface area contributed by atoms with Crippen LogP contribution in [0, 0.1) is 11.8 Å². The Hall–Kier alpha value is 0.920. The van der Waals surface area contributed by atoms with Gasteiger partial charge in [-0.3, -0.25) is 0 Å². The number of hydrogen-bond acceptors (Lipinski definition) is 1. The Morgan fingerprint density at radius 2 is 1.06 bits per heavy atom. The third-order valence-electron chi connectivity index (χ3n) is 4.69. The zero-order chi connectivity index (χ0) is 13.0. The minimum Gasteiger partial charge on any atom is -0.306 e. The van der Waals surface area contributed by atoms with E-state index in [1.54, 1.807) is 0 Å². The van der Waals surface area contributed by atoms with Gasteiger partial charge in [-0.05, 0) is 70.3 Å². The maximum Gasteiger partial charge on any atom is 0.0146 e. The number of halogens is 2. The lowest BCUT2D eigenvalue weighted by atomic mass is 9.87. The van der Waals surface area contributed by atoms with E-state index in [0.717, 1.165) is 21.5 Å². The highest BCUT2D eigenvalue weighted by atomic mass is 79.9. The van der Waals surface area contributed by atoms with Gasteiger partial charge < -0.3 is 4.90 Å². The van der Waals surface area contributed by atoms with Gasteiger partial charge in [-0.1, -0.05) is 31.9 Å². The highest BCUT2D eigenvalue weighted by Crippen LogP contribution is 2.31. The normalized spacial score (nSPS) is 38.0. The van der Waals surface area contributed by atoms with Crippen LogP contribution in [0.3, 0.4) is 0 Å². The topological polar surface area (TPSA) is 3.24 Å². The lowest BCUT2D eigenvalue weighted by molar-refractivity contribution is 0.191. The maximum absolute atomic E-state index is 3.75. The predicted molar refractivity (Wildman–Crippen MR) is 86.8 cm³/mol. The van der Waals surface area contributed by atoms with Crippen LogP contribution in [0.15, 0.2) is 0 Å². The molecule has 2 aliphatic carbocycles. The molecule has 0 N–H and O–H groups in total. The number of rotatable bonds is 4. The van der Waals surface area contributed by atoms with Crippen molar-refractivity contribution in [3.05, 3.63) is 0 Å². The van der Waals surface area contributed by atoms with Gasteiger partial charge in [0.15, 0.2) is 0 Å². The SMILES string of the molecule is CN(CC1CCC(Br)CC1)CC1CCC(Br)CC1. The van der Waals surface area contributed by atoms with E-state index >= 15 is 0 Å². The molecule has 0 spiro atoms. The average Bonchev–Trinajstić information content (AvgIpc) is 2.35. The molecule has 1 nitrogen and oxygen atoms in total. The summed E-state index contributed by atoms with van der Waals surface area (Å²) in [6.45, 7) is 2.65. The second-order valence-corrected chi connectivity index (χ2v) is 9.05. The predicted octanol–water partition coefficient (Wildman–Crippen LogP) is 4.83. The molecule has 0 heterocycles. The van der Waals surface area contributed by atoms with E-state index in [2.05, 4.69) is 43.8 Å².